The lowest BCUT2D eigenvalue weighted by molar-refractivity contribution is -0.136. The van der Waals surface area contributed by atoms with Crippen molar-refractivity contribution in [2.24, 2.45) is 0 Å². The number of oxazole rings is 1. The Kier molecular flexibility index (Phi) is 8.44. The van der Waals surface area contributed by atoms with E-state index in [2.05, 4.69) is 4.98 Å². The number of aromatic nitrogens is 1. The first-order valence-corrected chi connectivity index (χ1v) is 13.4. The largest absolute Gasteiger partial charge is 0.493 e. The van der Waals surface area contributed by atoms with E-state index in [-0.39, 0.29) is 19.1 Å². The minimum Gasteiger partial charge on any atom is -0.493 e. The van der Waals surface area contributed by atoms with E-state index in [1.165, 1.54) is 0 Å². The lowest BCUT2D eigenvalue weighted by Crippen LogP contribution is -2.37. The first-order chi connectivity index (χ1) is 19.5. The zero-order valence-electron chi connectivity index (χ0n) is 22.5. The van der Waals surface area contributed by atoms with E-state index >= 15 is 0 Å². The SMILES string of the molecule is Cc1oc(-c2ccccc2)nc1CCOc1ccc(CCC(=O)O)c2c1CCN(C(=O)OCc1ccccc1)C2. The third-order valence-electron chi connectivity index (χ3n) is 7.05. The molecule has 0 bridgehead atoms. The maximum Gasteiger partial charge on any atom is 0.410 e. The van der Waals surface area contributed by atoms with Gasteiger partial charge in [0.25, 0.3) is 0 Å². The van der Waals surface area contributed by atoms with Gasteiger partial charge in [0.05, 0.1) is 12.3 Å². The molecule has 5 rings (SSSR count). The summed E-state index contributed by atoms with van der Waals surface area (Å²) in [5.74, 6) is 1.24. The molecule has 1 N–H and O–H groups in total. The van der Waals surface area contributed by atoms with E-state index in [1.54, 1.807) is 4.90 Å². The van der Waals surface area contributed by atoms with Crippen LogP contribution in [0.2, 0.25) is 0 Å². The fourth-order valence-corrected chi connectivity index (χ4v) is 4.91. The quantitative estimate of drug-likeness (QED) is 0.264. The van der Waals surface area contributed by atoms with E-state index in [1.807, 2.05) is 79.7 Å². The Hall–Kier alpha value is -4.59. The van der Waals surface area contributed by atoms with Crippen LogP contribution in [0.5, 0.6) is 5.75 Å². The molecule has 0 atom stereocenters. The van der Waals surface area contributed by atoms with Crippen LogP contribution < -0.4 is 4.74 Å². The number of rotatable bonds is 10. The van der Waals surface area contributed by atoms with Gasteiger partial charge in [-0.1, -0.05) is 54.6 Å². The first kappa shape index (κ1) is 27.0. The molecule has 3 aromatic carbocycles. The van der Waals surface area contributed by atoms with Gasteiger partial charge < -0.3 is 23.9 Å². The van der Waals surface area contributed by atoms with Crippen molar-refractivity contribution in [1.82, 2.24) is 9.88 Å². The van der Waals surface area contributed by atoms with Gasteiger partial charge in [-0.2, -0.15) is 0 Å². The molecule has 0 unspecified atom stereocenters. The Balaban J connectivity index is 1.27. The number of carboxylic acids is 1. The fraction of sp³-hybridized carbons (Fsp3) is 0.281. The molecule has 1 amide bonds. The van der Waals surface area contributed by atoms with Gasteiger partial charge in [0.15, 0.2) is 0 Å². The zero-order chi connectivity index (χ0) is 27.9. The molecular formula is C32H32N2O6. The first-order valence-electron chi connectivity index (χ1n) is 13.4. The molecule has 8 heteroatoms. The van der Waals surface area contributed by atoms with Crippen molar-refractivity contribution in [3.8, 4) is 17.2 Å². The average molecular weight is 541 g/mol. The van der Waals surface area contributed by atoms with E-state index in [9.17, 15) is 14.7 Å². The van der Waals surface area contributed by atoms with Gasteiger partial charge >= 0.3 is 12.1 Å². The summed E-state index contributed by atoms with van der Waals surface area (Å²) in [5, 5.41) is 9.25. The van der Waals surface area contributed by atoms with Crippen LogP contribution >= 0.6 is 0 Å². The topological polar surface area (TPSA) is 102 Å². The van der Waals surface area contributed by atoms with E-state index in [0.29, 0.717) is 44.8 Å². The summed E-state index contributed by atoms with van der Waals surface area (Å²) in [6.45, 7) is 3.34. The highest BCUT2D eigenvalue weighted by atomic mass is 16.6. The van der Waals surface area contributed by atoms with Gasteiger partial charge in [-0.3, -0.25) is 4.79 Å². The number of fused-ring (bicyclic) bond motifs is 1. The van der Waals surface area contributed by atoms with Crippen LogP contribution in [0.4, 0.5) is 4.79 Å². The number of carboxylic acid groups (broad SMARTS) is 1. The van der Waals surface area contributed by atoms with E-state index in [0.717, 1.165) is 45.0 Å². The predicted octanol–water partition coefficient (Wildman–Crippen LogP) is 5.98. The van der Waals surface area contributed by atoms with Gasteiger partial charge in [-0.25, -0.2) is 9.78 Å². The standard InChI is InChI=1S/C32H32N2O6/c1-22-28(33-31(40-22)25-10-6-3-7-11-25)17-19-38-29-14-12-24(13-15-30(35)36)27-20-34(18-16-26(27)29)32(37)39-21-23-8-4-2-5-9-23/h2-12,14H,13,15-21H2,1H3,(H,35,36). The number of aliphatic carboxylic acids is 1. The molecule has 8 nitrogen and oxygen atoms in total. The van der Waals surface area contributed by atoms with Crippen molar-refractivity contribution < 1.29 is 28.6 Å². The van der Waals surface area contributed by atoms with Crippen LogP contribution in [0.3, 0.4) is 0 Å². The Bertz CT molecular complexity index is 1470. The average Bonchev–Trinajstić information content (AvgIpc) is 3.36. The molecule has 0 fully saturated rings. The number of ether oxygens (including phenoxy) is 2. The number of benzene rings is 3. The smallest absolute Gasteiger partial charge is 0.410 e. The van der Waals surface area contributed by atoms with Crippen molar-refractivity contribution in [2.45, 2.75) is 45.8 Å². The lowest BCUT2D eigenvalue weighted by Gasteiger charge is -2.31. The summed E-state index contributed by atoms with van der Waals surface area (Å²) >= 11 is 0. The predicted molar refractivity (Wildman–Crippen MR) is 149 cm³/mol. The number of amides is 1. The normalized spacial score (nSPS) is 12.6. The minimum atomic E-state index is -0.859. The molecule has 0 radical (unpaired) electrons. The molecule has 0 saturated heterocycles. The summed E-state index contributed by atoms with van der Waals surface area (Å²) in [7, 11) is 0. The monoisotopic (exact) mass is 540 g/mol. The number of carbonyl (C=O) groups excluding carboxylic acids is 1. The van der Waals surface area contributed by atoms with E-state index < -0.39 is 5.97 Å². The highest BCUT2D eigenvalue weighted by Gasteiger charge is 2.27. The van der Waals surface area contributed by atoms with Crippen molar-refractivity contribution in [3.63, 3.8) is 0 Å². The van der Waals surface area contributed by atoms with Gasteiger partial charge in [0.2, 0.25) is 5.89 Å². The molecule has 1 aliphatic rings. The third-order valence-corrected chi connectivity index (χ3v) is 7.05. The second-order valence-corrected chi connectivity index (χ2v) is 9.77. The van der Waals surface area contributed by atoms with Crippen LogP contribution in [0.1, 0.15) is 40.1 Å². The Morgan fingerprint density at radius 1 is 0.975 bits per heavy atom. The molecule has 1 aliphatic heterocycles. The van der Waals surface area contributed by atoms with Crippen molar-refractivity contribution in [1.29, 1.82) is 0 Å². The van der Waals surface area contributed by atoms with Gasteiger partial charge in [0, 0.05) is 37.1 Å². The number of hydrogen-bond acceptors (Lipinski definition) is 6. The molecule has 0 spiro atoms. The molecular weight excluding hydrogens is 508 g/mol. The maximum atomic E-state index is 12.9. The number of nitrogens with zero attached hydrogens (tertiary/aromatic N) is 2. The highest BCUT2D eigenvalue weighted by molar-refractivity contribution is 5.69. The Labute approximate surface area is 233 Å². The molecule has 0 saturated carbocycles. The maximum absolute atomic E-state index is 12.9. The van der Waals surface area contributed by atoms with Crippen LogP contribution in [-0.2, 0) is 41.9 Å². The highest BCUT2D eigenvalue weighted by Crippen LogP contribution is 2.32. The molecule has 0 aliphatic carbocycles. The van der Waals surface area contributed by atoms with Crippen molar-refractivity contribution in [2.75, 3.05) is 13.2 Å². The van der Waals surface area contributed by atoms with Gasteiger partial charge in [-0.05, 0) is 54.7 Å². The summed E-state index contributed by atoms with van der Waals surface area (Å²) in [5.41, 5.74) is 5.55. The van der Waals surface area contributed by atoms with Gasteiger partial charge in [0.1, 0.15) is 18.1 Å². The minimum absolute atomic E-state index is 0.0142. The number of carbonyl (C=O) groups is 2. The molecule has 206 valence electrons. The molecule has 40 heavy (non-hydrogen) atoms. The third kappa shape index (κ3) is 6.51. The Morgan fingerprint density at radius 2 is 1.73 bits per heavy atom. The molecule has 1 aromatic heterocycles. The lowest BCUT2D eigenvalue weighted by atomic mass is 9.92. The number of aryl methyl sites for hydroxylation is 2. The molecule has 4 aromatic rings. The summed E-state index contributed by atoms with van der Waals surface area (Å²) in [6.07, 6.45) is 1.18. The fourth-order valence-electron chi connectivity index (χ4n) is 4.91. The van der Waals surface area contributed by atoms with Crippen molar-refractivity contribution in [3.05, 3.63) is 107 Å². The van der Waals surface area contributed by atoms with Crippen LogP contribution in [-0.4, -0.2) is 40.2 Å². The molecule has 2 heterocycles. The van der Waals surface area contributed by atoms with Gasteiger partial charge in [-0.15, -0.1) is 0 Å². The Morgan fingerprint density at radius 3 is 2.48 bits per heavy atom. The second kappa shape index (κ2) is 12.5. The zero-order valence-corrected chi connectivity index (χ0v) is 22.5. The second-order valence-electron chi connectivity index (χ2n) is 9.77. The van der Waals surface area contributed by atoms with Crippen LogP contribution in [0.15, 0.2) is 77.2 Å². The van der Waals surface area contributed by atoms with Crippen LogP contribution in [0.25, 0.3) is 11.5 Å². The summed E-state index contributed by atoms with van der Waals surface area (Å²) < 4.78 is 17.7. The number of hydrogen-bond donors (Lipinski definition) is 1. The summed E-state index contributed by atoms with van der Waals surface area (Å²) in [4.78, 5) is 30.5. The van der Waals surface area contributed by atoms with E-state index in [4.69, 9.17) is 13.9 Å². The van der Waals surface area contributed by atoms with Crippen molar-refractivity contribution >= 4 is 12.1 Å². The summed E-state index contributed by atoms with van der Waals surface area (Å²) in [6, 6.07) is 23.1. The van der Waals surface area contributed by atoms with Crippen LogP contribution in [0, 0.1) is 6.92 Å².